The number of amides is 2. The average molecular weight is 482 g/mol. The summed E-state index contributed by atoms with van der Waals surface area (Å²) >= 11 is 6.16. The van der Waals surface area contributed by atoms with Crippen LogP contribution in [0.5, 0.6) is 0 Å². The van der Waals surface area contributed by atoms with Gasteiger partial charge in [0.25, 0.3) is 5.91 Å². The highest BCUT2D eigenvalue weighted by Gasteiger charge is 2.34. The molecule has 1 aromatic carbocycles. The van der Waals surface area contributed by atoms with Gasteiger partial charge in [-0.3, -0.25) is 14.6 Å². The van der Waals surface area contributed by atoms with E-state index in [4.69, 9.17) is 16.0 Å². The van der Waals surface area contributed by atoms with Crippen molar-refractivity contribution in [2.75, 3.05) is 6.54 Å². The topological polar surface area (TPSA) is 75.4 Å². The minimum Gasteiger partial charge on any atom is -0.451 e. The number of hydrogen-bond donors (Lipinski definition) is 1. The van der Waals surface area contributed by atoms with Crippen molar-refractivity contribution in [3.8, 4) is 0 Å². The van der Waals surface area contributed by atoms with Gasteiger partial charge < -0.3 is 14.6 Å². The zero-order chi connectivity index (χ0) is 24.5. The maximum Gasteiger partial charge on any atom is 0.290 e. The largest absolute Gasteiger partial charge is 0.451 e. The molecule has 0 radical (unpaired) electrons. The van der Waals surface area contributed by atoms with Gasteiger partial charge in [0.2, 0.25) is 5.91 Å². The molecule has 0 aliphatic carbocycles. The third-order valence-corrected chi connectivity index (χ3v) is 6.75. The first-order valence-electron chi connectivity index (χ1n) is 11.9. The molecule has 0 saturated carbocycles. The number of nitrogens with zero attached hydrogens (tertiary/aromatic N) is 2. The molecule has 34 heavy (non-hydrogen) atoms. The van der Waals surface area contributed by atoms with Crippen molar-refractivity contribution in [3.05, 3.63) is 64.6 Å². The number of carbonyl (C=O) groups is 2. The number of aryl methyl sites for hydroxylation is 1. The minimum absolute atomic E-state index is 0.0373. The summed E-state index contributed by atoms with van der Waals surface area (Å²) in [6, 6.07) is 10.8. The molecule has 6 nitrogen and oxygen atoms in total. The number of nitrogens with one attached hydrogen (secondary N) is 1. The Hall–Kier alpha value is -2.86. The van der Waals surface area contributed by atoms with Crippen molar-refractivity contribution >= 4 is 34.4 Å². The van der Waals surface area contributed by atoms with Crippen LogP contribution in [0.3, 0.4) is 0 Å². The second-order valence-electron chi connectivity index (χ2n) is 10.1. The van der Waals surface area contributed by atoms with Gasteiger partial charge in [-0.1, -0.05) is 38.4 Å². The molecule has 0 unspecified atom stereocenters. The highest BCUT2D eigenvalue weighted by Crippen LogP contribution is 2.32. The van der Waals surface area contributed by atoms with E-state index in [9.17, 15) is 9.59 Å². The fraction of sp³-hybridized carbons (Fsp3) is 0.444. The highest BCUT2D eigenvalue weighted by atomic mass is 35.5. The Morgan fingerprint density at radius 1 is 1.24 bits per heavy atom. The van der Waals surface area contributed by atoms with E-state index in [1.54, 1.807) is 18.3 Å². The Kier molecular flexibility index (Phi) is 6.99. The smallest absolute Gasteiger partial charge is 0.290 e. The first-order chi connectivity index (χ1) is 16.1. The molecule has 1 N–H and O–H groups in total. The molecular formula is C27H32ClN3O3. The molecule has 180 valence electrons. The summed E-state index contributed by atoms with van der Waals surface area (Å²) in [4.78, 5) is 33.0. The maximum atomic E-state index is 13.7. The Bertz CT molecular complexity index is 1180. The number of halogens is 1. The van der Waals surface area contributed by atoms with Gasteiger partial charge in [-0.15, -0.1) is 0 Å². The molecule has 0 bridgehead atoms. The lowest BCUT2D eigenvalue weighted by Gasteiger charge is -2.37. The quantitative estimate of drug-likeness (QED) is 0.479. The SMILES string of the molecule is Cc1c(C(=O)N2CCCC[C@@H]2C[C@H](NC(=O)C(C)(C)C)c2ccccn2)oc2ccc(Cl)cc12. The van der Waals surface area contributed by atoms with E-state index in [-0.39, 0.29) is 23.9 Å². The summed E-state index contributed by atoms with van der Waals surface area (Å²) in [7, 11) is 0. The number of likely N-dealkylation sites (tertiary alicyclic amines) is 1. The van der Waals surface area contributed by atoms with Gasteiger partial charge in [0.15, 0.2) is 5.76 Å². The zero-order valence-corrected chi connectivity index (χ0v) is 21.0. The fourth-order valence-electron chi connectivity index (χ4n) is 4.52. The van der Waals surface area contributed by atoms with Crippen LogP contribution in [0.25, 0.3) is 11.0 Å². The van der Waals surface area contributed by atoms with Crippen molar-refractivity contribution in [3.63, 3.8) is 0 Å². The zero-order valence-electron chi connectivity index (χ0n) is 20.2. The molecule has 3 aromatic rings. The first-order valence-corrected chi connectivity index (χ1v) is 12.2. The van der Waals surface area contributed by atoms with E-state index >= 15 is 0 Å². The van der Waals surface area contributed by atoms with Gasteiger partial charge in [0.05, 0.1) is 11.7 Å². The Balaban J connectivity index is 1.62. The molecule has 2 amide bonds. The highest BCUT2D eigenvalue weighted by molar-refractivity contribution is 6.31. The predicted octanol–water partition coefficient (Wildman–Crippen LogP) is 6.08. The number of hydrogen-bond acceptors (Lipinski definition) is 4. The molecule has 1 aliphatic rings. The molecule has 1 saturated heterocycles. The predicted molar refractivity (Wildman–Crippen MR) is 134 cm³/mol. The van der Waals surface area contributed by atoms with Crippen molar-refractivity contribution in [1.82, 2.24) is 15.2 Å². The lowest BCUT2D eigenvalue weighted by molar-refractivity contribution is -0.129. The molecule has 7 heteroatoms. The van der Waals surface area contributed by atoms with Crippen LogP contribution in [0.4, 0.5) is 0 Å². The molecule has 1 fully saturated rings. The van der Waals surface area contributed by atoms with Crippen LogP contribution in [0, 0.1) is 12.3 Å². The van der Waals surface area contributed by atoms with E-state index in [1.165, 1.54) is 0 Å². The molecule has 1 aliphatic heterocycles. The molecule has 4 rings (SSSR count). The van der Waals surface area contributed by atoms with Gasteiger partial charge in [-0.2, -0.15) is 0 Å². The standard InChI is InChI=1S/C27H32ClN3O3/c1-17-20-15-18(28)11-12-23(20)34-24(17)25(32)31-14-8-6-9-19(31)16-22(21-10-5-7-13-29-21)30-26(33)27(2,3)4/h5,7,10-13,15,19,22H,6,8-9,14,16H2,1-4H3,(H,30,33)/t19-,22+/m1/s1. The fourth-order valence-corrected chi connectivity index (χ4v) is 4.70. The van der Waals surface area contributed by atoms with Gasteiger partial charge in [0, 0.05) is 40.2 Å². The van der Waals surface area contributed by atoms with E-state index in [0.29, 0.717) is 29.3 Å². The number of pyridine rings is 1. The first kappa shape index (κ1) is 24.3. The Labute approximate surface area is 205 Å². The molecule has 3 heterocycles. The van der Waals surface area contributed by atoms with Crippen molar-refractivity contribution in [1.29, 1.82) is 0 Å². The number of piperidine rings is 1. The van der Waals surface area contributed by atoms with E-state index in [0.717, 1.165) is 35.9 Å². The Morgan fingerprint density at radius 3 is 2.74 bits per heavy atom. The van der Waals surface area contributed by atoms with Gasteiger partial charge in [0.1, 0.15) is 5.58 Å². The van der Waals surface area contributed by atoms with Crippen LogP contribution in [-0.4, -0.2) is 34.3 Å². The van der Waals surface area contributed by atoms with E-state index < -0.39 is 5.41 Å². The summed E-state index contributed by atoms with van der Waals surface area (Å²) in [6.45, 7) is 8.23. The maximum absolute atomic E-state index is 13.7. The molecular weight excluding hydrogens is 450 g/mol. The number of rotatable bonds is 5. The van der Waals surface area contributed by atoms with Crippen molar-refractivity contribution < 1.29 is 14.0 Å². The average Bonchev–Trinajstić information content (AvgIpc) is 3.14. The van der Waals surface area contributed by atoms with Crippen LogP contribution in [0.1, 0.15) is 74.3 Å². The molecule has 2 aromatic heterocycles. The van der Waals surface area contributed by atoms with Gasteiger partial charge in [-0.25, -0.2) is 0 Å². The van der Waals surface area contributed by atoms with Crippen molar-refractivity contribution in [2.24, 2.45) is 5.41 Å². The lowest BCUT2D eigenvalue weighted by atomic mass is 9.91. The van der Waals surface area contributed by atoms with Gasteiger partial charge >= 0.3 is 0 Å². The normalized spacial score (nSPS) is 17.6. The van der Waals surface area contributed by atoms with Crippen LogP contribution in [0.15, 0.2) is 47.0 Å². The van der Waals surface area contributed by atoms with E-state index in [1.807, 2.05) is 56.9 Å². The van der Waals surface area contributed by atoms with Crippen LogP contribution < -0.4 is 5.32 Å². The Morgan fingerprint density at radius 2 is 2.03 bits per heavy atom. The van der Waals surface area contributed by atoms with Crippen LogP contribution in [0.2, 0.25) is 5.02 Å². The summed E-state index contributed by atoms with van der Waals surface area (Å²) in [5, 5.41) is 4.65. The van der Waals surface area contributed by atoms with E-state index in [2.05, 4.69) is 10.3 Å². The third-order valence-electron chi connectivity index (χ3n) is 6.52. The van der Waals surface area contributed by atoms with Crippen LogP contribution in [-0.2, 0) is 4.79 Å². The lowest BCUT2D eigenvalue weighted by Crippen LogP contribution is -2.47. The second-order valence-corrected chi connectivity index (χ2v) is 10.5. The van der Waals surface area contributed by atoms with Gasteiger partial charge in [-0.05, 0) is 62.9 Å². The summed E-state index contributed by atoms with van der Waals surface area (Å²) in [5.74, 6) is 0.204. The monoisotopic (exact) mass is 481 g/mol. The number of fused-ring (bicyclic) bond motifs is 1. The summed E-state index contributed by atoms with van der Waals surface area (Å²) in [5.41, 5.74) is 1.73. The number of furan rings is 1. The summed E-state index contributed by atoms with van der Waals surface area (Å²) in [6.07, 6.45) is 5.17. The van der Waals surface area contributed by atoms with Crippen LogP contribution >= 0.6 is 11.6 Å². The molecule has 2 atom stereocenters. The second kappa shape index (κ2) is 9.79. The number of aromatic nitrogens is 1. The third kappa shape index (κ3) is 5.12. The summed E-state index contributed by atoms with van der Waals surface area (Å²) < 4.78 is 5.98. The number of carbonyl (C=O) groups excluding carboxylic acids is 2. The number of benzene rings is 1. The minimum atomic E-state index is -0.526. The molecule has 0 spiro atoms. The van der Waals surface area contributed by atoms with Crippen molar-refractivity contribution in [2.45, 2.75) is 65.5 Å².